The van der Waals surface area contributed by atoms with E-state index in [4.69, 9.17) is 9.47 Å². The highest BCUT2D eigenvalue weighted by molar-refractivity contribution is 5.82. The van der Waals surface area contributed by atoms with Gasteiger partial charge in [-0.05, 0) is 25.0 Å². The van der Waals surface area contributed by atoms with Crippen LogP contribution in [0.4, 0.5) is 0 Å². The van der Waals surface area contributed by atoms with Crippen LogP contribution < -0.4 is 10.6 Å². The smallest absolute Gasteiger partial charge is 0.240 e. The molecule has 0 aliphatic carbocycles. The standard InChI is InChI=1S/C16H24N2O3/c1-3-20-11-14-7-5-4-6-13(14)10-18-16(19)15-12(2)21-9-8-17-15/h4-7,12,15,17H,3,8-11H2,1-2H3,(H,18,19)/t12-,15+/m1/s1. The molecule has 1 amide bonds. The Kier molecular flexibility index (Phi) is 6.17. The molecule has 1 aromatic rings. The number of hydrogen-bond donors (Lipinski definition) is 2. The summed E-state index contributed by atoms with van der Waals surface area (Å²) >= 11 is 0. The number of carbonyl (C=O) groups excluding carboxylic acids is 1. The SMILES string of the molecule is CCOCc1ccccc1CNC(=O)[C@H]1NCCO[C@@H]1C. The van der Waals surface area contributed by atoms with Gasteiger partial charge >= 0.3 is 0 Å². The van der Waals surface area contributed by atoms with Crippen LogP contribution in [0.25, 0.3) is 0 Å². The Morgan fingerprint density at radius 3 is 2.90 bits per heavy atom. The van der Waals surface area contributed by atoms with Crippen LogP contribution in [-0.2, 0) is 27.4 Å². The molecule has 0 saturated carbocycles. The molecule has 0 unspecified atom stereocenters. The van der Waals surface area contributed by atoms with Crippen molar-refractivity contribution in [3.05, 3.63) is 35.4 Å². The maximum Gasteiger partial charge on any atom is 0.240 e. The Bertz CT molecular complexity index is 465. The summed E-state index contributed by atoms with van der Waals surface area (Å²) in [7, 11) is 0. The van der Waals surface area contributed by atoms with Crippen molar-refractivity contribution < 1.29 is 14.3 Å². The maximum absolute atomic E-state index is 12.2. The van der Waals surface area contributed by atoms with Gasteiger partial charge in [-0.2, -0.15) is 0 Å². The first kappa shape index (κ1) is 15.9. The van der Waals surface area contributed by atoms with Crippen molar-refractivity contribution in [2.75, 3.05) is 19.8 Å². The Labute approximate surface area is 126 Å². The fourth-order valence-electron chi connectivity index (χ4n) is 2.40. The van der Waals surface area contributed by atoms with Gasteiger partial charge in [0.05, 0.1) is 19.3 Å². The molecule has 5 nitrogen and oxygen atoms in total. The minimum Gasteiger partial charge on any atom is -0.377 e. The van der Waals surface area contributed by atoms with Gasteiger partial charge < -0.3 is 20.1 Å². The van der Waals surface area contributed by atoms with Crippen LogP contribution in [0.1, 0.15) is 25.0 Å². The molecule has 1 saturated heterocycles. The molecular formula is C16H24N2O3. The summed E-state index contributed by atoms with van der Waals surface area (Å²) in [5.41, 5.74) is 2.20. The van der Waals surface area contributed by atoms with Gasteiger partial charge in [-0.15, -0.1) is 0 Å². The molecule has 5 heteroatoms. The van der Waals surface area contributed by atoms with Gasteiger partial charge in [0, 0.05) is 19.7 Å². The van der Waals surface area contributed by atoms with E-state index in [1.54, 1.807) is 0 Å². The number of ether oxygens (including phenoxy) is 2. The first-order valence-electron chi connectivity index (χ1n) is 7.49. The number of nitrogens with one attached hydrogen (secondary N) is 2. The van der Waals surface area contributed by atoms with Crippen molar-refractivity contribution in [2.45, 2.75) is 39.1 Å². The lowest BCUT2D eigenvalue weighted by molar-refractivity contribution is -0.129. The van der Waals surface area contributed by atoms with Crippen LogP contribution in [0.5, 0.6) is 0 Å². The van der Waals surface area contributed by atoms with E-state index in [-0.39, 0.29) is 18.1 Å². The molecule has 1 fully saturated rings. The summed E-state index contributed by atoms with van der Waals surface area (Å²) in [6, 6.07) is 7.72. The third-order valence-corrected chi connectivity index (χ3v) is 3.63. The molecule has 2 rings (SSSR count). The third-order valence-electron chi connectivity index (χ3n) is 3.63. The molecule has 2 atom stereocenters. The summed E-state index contributed by atoms with van der Waals surface area (Å²) in [5.74, 6) is -0.0200. The number of rotatable bonds is 6. The second-order valence-corrected chi connectivity index (χ2v) is 5.13. The molecule has 0 spiro atoms. The minimum atomic E-state index is -0.280. The van der Waals surface area contributed by atoms with Crippen molar-refractivity contribution in [1.29, 1.82) is 0 Å². The summed E-state index contributed by atoms with van der Waals surface area (Å²) in [5, 5.41) is 6.17. The second kappa shape index (κ2) is 8.12. The van der Waals surface area contributed by atoms with Crippen LogP contribution in [0.3, 0.4) is 0 Å². The lowest BCUT2D eigenvalue weighted by Crippen LogP contribution is -2.55. The number of hydrogen-bond acceptors (Lipinski definition) is 4. The number of benzene rings is 1. The lowest BCUT2D eigenvalue weighted by atomic mass is 10.1. The molecule has 116 valence electrons. The van der Waals surface area contributed by atoms with Crippen LogP contribution >= 0.6 is 0 Å². The summed E-state index contributed by atoms with van der Waals surface area (Å²) < 4.78 is 11.0. The Balaban J connectivity index is 1.91. The highest BCUT2D eigenvalue weighted by Gasteiger charge is 2.27. The van der Waals surface area contributed by atoms with Crippen LogP contribution in [-0.4, -0.2) is 37.8 Å². The minimum absolute atomic E-state index is 0.0200. The number of morpholine rings is 1. The summed E-state index contributed by atoms with van der Waals surface area (Å²) in [6.45, 7) is 7.02. The topological polar surface area (TPSA) is 59.6 Å². The lowest BCUT2D eigenvalue weighted by Gasteiger charge is -2.29. The maximum atomic E-state index is 12.2. The zero-order valence-corrected chi connectivity index (χ0v) is 12.7. The van der Waals surface area contributed by atoms with Gasteiger partial charge in [0.15, 0.2) is 0 Å². The van der Waals surface area contributed by atoms with Crippen molar-refractivity contribution in [1.82, 2.24) is 10.6 Å². The first-order chi connectivity index (χ1) is 10.2. The van der Waals surface area contributed by atoms with Crippen molar-refractivity contribution in [3.63, 3.8) is 0 Å². The van der Waals surface area contributed by atoms with E-state index >= 15 is 0 Å². The molecule has 0 radical (unpaired) electrons. The highest BCUT2D eigenvalue weighted by atomic mass is 16.5. The average molecular weight is 292 g/mol. The molecular weight excluding hydrogens is 268 g/mol. The molecule has 0 bridgehead atoms. The van der Waals surface area contributed by atoms with Crippen LogP contribution in [0.2, 0.25) is 0 Å². The molecule has 0 aromatic heterocycles. The monoisotopic (exact) mass is 292 g/mol. The van der Waals surface area contributed by atoms with E-state index in [2.05, 4.69) is 10.6 Å². The van der Waals surface area contributed by atoms with Gasteiger partial charge in [-0.3, -0.25) is 4.79 Å². The molecule has 21 heavy (non-hydrogen) atoms. The van der Waals surface area contributed by atoms with Crippen LogP contribution in [0, 0.1) is 0 Å². The predicted octanol–water partition coefficient (Wildman–Crippen LogP) is 1.22. The Morgan fingerprint density at radius 2 is 2.19 bits per heavy atom. The zero-order valence-electron chi connectivity index (χ0n) is 12.7. The van der Waals surface area contributed by atoms with Crippen LogP contribution in [0.15, 0.2) is 24.3 Å². The van der Waals surface area contributed by atoms with E-state index in [1.807, 2.05) is 38.1 Å². The van der Waals surface area contributed by atoms with E-state index in [0.717, 1.165) is 11.1 Å². The summed E-state index contributed by atoms with van der Waals surface area (Å²) in [4.78, 5) is 12.2. The van der Waals surface area contributed by atoms with Crippen molar-refractivity contribution in [2.24, 2.45) is 0 Å². The Hall–Kier alpha value is -1.43. The van der Waals surface area contributed by atoms with Crippen molar-refractivity contribution >= 4 is 5.91 Å². The predicted molar refractivity (Wildman–Crippen MR) is 80.8 cm³/mol. The molecule has 2 N–H and O–H groups in total. The molecule has 1 aliphatic rings. The fraction of sp³-hybridized carbons (Fsp3) is 0.562. The Morgan fingerprint density at radius 1 is 1.43 bits per heavy atom. The molecule has 1 heterocycles. The molecule has 1 aromatic carbocycles. The van der Waals surface area contributed by atoms with Gasteiger partial charge in [-0.1, -0.05) is 24.3 Å². The highest BCUT2D eigenvalue weighted by Crippen LogP contribution is 2.11. The number of amides is 1. The number of carbonyl (C=O) groups is 1. The third kappa shape index (κ3) is 4.52. The quantitative estimate of drug-likeness (QED) is 0.827. The largest absolute Gasteiger partial charge is 0.377 e. The zero-order chi connectivity index (χ0) is 15.1. The van der Waals surface area contributed by atoms with Gasteiger partial charge in [-0.25, -0.2) is 0 Å². The molecule has 1 aliphatic heterocycles. The van der Waals surface area contributed by atoms with Crippen molar-refractivity contribution in [3.8, 4) is 0 Å². The van der Waals surface area contributed by atoms with Gasteiger partial charge in [0.25, 0.3) is 0 Å². The van der Waals surface area contributed by atoms with E-state index in [9.17, 15) is 4.79 Å². The average Bonchev–Trinajstić information content (AvgIpc) is 2.52. The fourth-order valence-corrected chi connectivity index (χ4v) is 2.40. The van der Waals surface area contributed by atoms with Gasteiger partial charge in [0.2, 0.25) is 5.91 Å². The van der Waals surface area contributed by atoms with Gasteiger partial charge in [0.1, 0.15) is 6.04 Å². The first-order valence-corrected chi connectivity index (χ1v) is 7.49. The van der Waals surface area contributed by atoms with E-state index < -0.39 is 0 Å². The van der Waals surface area contributed by atoms with E-state index in [0.29, 0.717) is 32.9 Å². The normalized spacial score (nSPS) is 22.0. The summed E-state index contributed by atoms with van der Waals surface area (Å²) in [6.07, 6.45) is -0.0996. The second-order valence-electron chi connectivity index (χ2n) is 5.13. The van der Waals surface area contributed by atoms with E-state index in [1.165, 1.54) is 0 Å².